The fourth-order valence-electron chi connectivity index (χ4n) is 2.11. The Kier molecular flexibility index (Phi) is 4.87. The lowest BCUT2D eigenvalue weighted by Crippen LogP contribution is -2.63. The van der Waals surface area contributed by atoms with E-state index in [9.17, 15) is 4.79 Å². The molecule has 6 nitrogen and oxygen atoms in total. The average Bonchev–Trinajstić information content (AvgIpc) is 2.30. The van der Waals surface area contributed by atoms with Crippen LogP contribution in [0.3, 0.4) is 0 Å². The molecule has 96 valence electrons. The van der Waals surface area contributed by atoms with Crippen molar-refractivity contribution in [1.82, 2.24) is 5.32 Å². The van der Waals surface area contributed by atoms with Crippen molar-refractivity contribution in [2.24, 2.45) is 0 Å². The van der Waals surface area contributed by atoms with E-state index in [1.54, 1.807) is 6.92 Å². The molecule has 1 heterocycles. The highest BCUT2D eigenvalue weighted by molar-refractivity contribution is 5.73. The van der Waals surface area contributed by atoms with Gasteiger partial charge in [0.1, 0.15) is 12.2 Å². The van der Waals surface area contributed by atoms with Crippen LogP contribution >= 0.6 is 0 Å². The molecule has 1 N–H and O–H groups in total. The topological polar surface area (TPSA) is 80.6 Å². The van der Waals surface area contributed by atoms with Crippen molar-refractivity contribution < 1.29 is 19.0 Å². The largest absolute Gasteiger partial charge is 0.376 e. The number of carbonyl (C=O) groups excluding carboxylic acids is 1. The Morgan fingerprint density at radius 2 is 1.94 bits per heavy atom. The maximum atomic E-state index is 11.1. The maximum Gasteiger partial charge on any atom is 0.217 e. The fourth-order valence-corrected chi connectivity index (χ4v) is 2.11. The minimum Gasteiger partial charge on any atom is -0.376 e. The number of nitriles is 1. The molecule has 17 heavy (non-hydrogen) atoms. The molecule has 0 aromatic carbocycles. The number of hydrogen-bond donors (Lipinski definition) is 1. The zero-order valence-electron chi connectivity index (χ0n) is 10.5. The number of methoxy groups -OCH3 is 2. The first kappa shape index (κ1) is 13.9. The van der Waals surface area contributed by atoms with Crippen LogP contribution in [0.4, 0.5) is 0 Å². The van der Waals surface area contributed by atoms with E-state index >= 15 is 0 Å². The highest BCUT2D eigenvalue weighted by Crippen LogP contribution is 2.24. The molecule has 1 aliphatic rings. The lowest BCUT2D eigenvalue weighted by molar-refractivity contribution is -0.181. The zero-order valence-corrected chi connectivity index (χ0v) is 10.5. The molecule has 6 heteroatoms. The van der Waals surface area contributed by atoms with Crippen molar-refractivity contribution in [2.45, 2.75) is 44.3 Å². The molecule has 0 aliphatic carbocycles. The SMILES string of the molecule is CO[C@@H]1[C@H](OC)[C@@H](NC(C)=O)C(C)O[C@@H]1C#N. The summed E-state index contributed by atoms with van der Waals surface area (Å²) in [5.74, 6) is -0.169. The molecule has 1 amide bonds. The van der Waals surface area contributed by atoms with E-state index in [0.29, 0.717) is 0 Å². The van der Waals surface area contributed by atoms with E-state index < -0.39 is 18.3 Å². The molecule has 1 fully saturated rings. The molecule has 5 atom stereocenters. The smallest absolute Gasteiger partial charge is 0.217 e. The second-order valence-electron chi connectivity index (χ2n) is 4.02. The Morgan fingerprint density at radius 1 is 1.35 bits per heavy atom. The Labute approximate surface area is 101 Å². The molecule has 1 saturated heterocycles. The average molecular weight is 242 g/mol. The van der Waals surface area contributed by atoms with Gasteiger partial charge >= 0.3 is 0 Å². The van der Waals surface area contributed by atoms with E-state index in [1.807, 2.05) is 6.07 Å². The summed E-state index contributed by atoms with van der Waals surface area (Å²) in [6, 6.07) is 1.71. The Morgan fingerprint density at radius 3 is 2.35 bits per heavy atom. The lowest BCUT2D eigenvalue weighted by Gasteiger charge is -2.42. The summed E-state index contributed by atoms with van der Waals surface area (Å²) < 4.78 is 16.1. The molecule has 0 bridgehead atoms. The summed E-state index contributed by atoms with van der Waals surface area (Å²) in [4.78, 5) is 11.1. The number of carbonyl (C=O) groups is 1. The van der Waals surface area contributed by atoms with E-state index in [2.05, 4.69) is 5.32 Å². The monoisotopic (exact) mass is 242 g/mol. The van der Waals surface area contributed by atoms with E-state index in [1.165, 1.54) is 21.1 Å². The van der Waals surface area contributed by atoms with Gasteiger partial charge in [-0.3, -0.25) is 4.79 Å². The van der Waals surface area contributed by atoms with Gasteiger partial charge < -0.3 is 19.5 Å². The first-order valence-electron chi connectivity index (χ1n) is 5.43. The third-order valence-electron chi connectivity index (χ3n) is 2.88. The van der Waals surface area contributed by atoms with Crippen molar-refractivity contribution in [3.05, 3.63) is 0 Å². The summed E-state index contributed by atoms with van der Waals surface area (Å²) >= 11 is 0. The molecular weight excluding hydrogens is 224 g/mol. The predicted molar refractivity (Wildman–Crippen MR) is 59.1 cm³/mol. The predicted octanol–water partition coefficient (Wildman–Crippen LogP) is -0.168. The highest BCUT2D eigenvalue weighted by Gasteiger charge is 2.45. The normalized spacial score (nSPS) is 37.2. The molecule has 1 aliphatic heterocycles. The Hall–Kier alpha value is -1.16. The van der Waals surface area contributed by atoms with Gasteiger partial charge in [0.25, 0.3) is 0 Å². The molecule has 1 unspecified atom stereocenters. The molecular formula is C11H18N2O4. The van der Waals surface area contributed by atoms with E-state index in [0.717, 1.165) is 0 Å². The number of nitrogens with one attached hydrogen (secondary N) is 1. The van der Waals surface area contributed by atoms with Gasteiger partial charge in [-0.1, -0.05) is 0 Å². The number of hydrogen-bond acceptors (Lipinski definition) is 5. The van der Waals surface area contributed by atoms with Gasteiger partial charge in [0.2, 0.25) is 5.91 Å². The van der Waals surface area contributed by atoms with Crippen LogP contribution in [0.25, 0.3) is 0 Å². The molecule has 0 aromatic heterocycles. The van der Waals surface area contributed by atoms with Crippen molar-refractivity contribution in [3.63, 3.8) is 0 Å². The highest BCUT2D eigenvalue weighted by atomic mass is 16.6. The van der Waals surface area contributed by atoms with Gasteiger partial charge in [-0.2, -0.15) is 5.26 Å². The lowest BCUT2D eigenvalue weighted by atomic mass is 9.93. The fraction of sp³-hybridized carbons (Fsp3) is 0.818. The van der Waals surface area contributed by atoms with E-state index in [-0.39, 0.29) is 18.1 Å². The van der Waals surface area contributed by atoms with Crippen molar-refractivity contribution >= 4 is 5.91 Å². The first-order valence-corrected chi connectivity index (χ1v) is 5.43. The van der Waals surface area contributed by atoms with Crippen LogP contribution in [0.5, 0.6) is 0 Å². The first-order chi connectivity index (χ1) is 8.04. The van der Waals surface area contributed by atoms with Crippen LogP contribution in [-0.2, 0) is 19.0 Å². The molecule has 0 aromatic rings. The second kappa shape index (κ2) is 5.96. The number of nitrogens with zero attached hydrogens (tertiary/aromatic N) is 1. The third kappa shape index (κ3) is 2.94. The van der Waals surface area contributed by atoms with Crippen LogP contribution in [0.1, 0.15) is 13.8 Å². The van der Waals surface area contributed by atoms with Crippen LogP contribution in [0.15, 0.2) is 0 Å². The van der Waals surface area contributed by atoms with Crippen molar-refractivity contribution in [2.75, 3.05) is 14.2 Å². The van der Waals surface area contributed by atoms with Gasteiger partial charge in [0, 0.05) is 21.1 Å². The molecule has 0 radical (unpaired) electrons. The van der Waals surface area contributed by atoms with Crippen molar-refractivity contribution in [3.8, 4) is 6.07 Å². The van der Waals surface area contributed by atoms with E-state index in [4.69, 9.17) is 19.5 Å². The van der Waals surface area contributed by atoms with Gasteiger partial charge in [0.15, 0.2) is 6.10 Å². The summed E-state index contributed by atoms with van der Waals surface area (Å²) in [5, 5.41) is 11.8. The van der Waals surface area contributed by atoms with Crippen LogP contribution in [-0.4, -0.2) is 50.6 Å². The minimum atomic E-state index is -0.690. The van der Waals surface area contributed by atoms with Gasteiger partial charge in [-0.05, 0) is 6.92 Å². The summed E-state index contributed by atoms with van der Waals surface area (Å²) in [6.07, 6.45) is -1.92. The quantitative estimate of drug-likeness (QED) is 0.743. The number of ether oxygens (including phenoxy) is 3. The summed E-state index contributed by atoms with van der Waals surface area (Å²) in [7, 11) is 3.02. The minimum absolute atomic E-state index is 0.169. The van der Waals surface area contributed by atoms with Crippen LogP contribution < -0.4 is 5.32 Å². The van der Waals surface area contributed by atoms with Gasteiger partial charge in [-0.25, -0.2) is 0 Å². The third-order valence-corrected chi connectivity index (χ3v) is 2.88. The van der Waals surface area contributed by atoms with Crippen molar-refractivity contribution in [1.29, 1.82) is 5.26 Å². The summed E-state index contributed by atoms with van der Waals surface area (Å²) in [5.41, 5.74) is 0. The van der Waals surface area contributed by atoms with Gasteiger partial charge in [-0.15, -0.1) is 0 Å². The number of rotatable bonds is 3. The molecule has 1 rings (SSSR count). The standard InChI is InChI=1S/C11H18N2O4/c1-6-9(13-7(2)14)11(16-4)10(15-3)8(5-12)17-6/h6,8-11H,1-4H3,(H,13,14)/t6?,8-,9+,10+,11-/m1/s1. The number of amides is 1. The second-order valence-corrected chi connectivity index (χ2v) is 4.02. The van der Waals surface area contributed by atoms with Crippen LogP contribution in [0, 0.1) is 11.3 Å². The van der Waals surface area contributed by atoms with Gasteiger partial charge in [0.05, 0.1) is 18.2 Å². The summed E-state index contributed by atoms with van der Waals surface area (Å²) in [6.45, 7) is 3.22. The Balaban J connectivity index is 2.90. The van der Waals surface area contributed by atoms with Crippen LogP contribution in [0.2, 0.25) is 0 Å². The molecule has 0 saturated carbocycles. The maximum absolute atomic E-state index is 11.1. The Bertz CT molecular complexity index is 315. The molecule has 0 spiro atoms. The zero-order chi connectivity index (χ0) is 13.0.